The number of halogens is 3. The molecular formula is C16H13F3N2O2. The van der Waals surface area contributed by atoms with Crippen molar-refractivity contribution in [2.75, 3.05) is 0 Å². The number of nitrogens with one attached hydrogen (secondary N) is 1. The first kappa shape index (κ1) is 16.5. The van der Waals surface area contributed by atoms with Crippen molar-refractivity contribution in [3.8, 4) is 0 Å². The number of primary amides is 1. The molecule has 0 bridgehead atoms. The number of carbonyl (C=O) groups excluding carboxylic acids is 2. The van der Waals surface area contributed by atoms with Crippen LogP contribution in [0, 0.1) is 17.5 Å². The van der Waals surface area contributed by atoms with Gasteiger partial charge in [0.05, 0.1) is 5.56 Å². The minimum Gasteiger partial charge on any atom is -0.368 e. The highest BCUT2D eigenvalue weighted by molar-refractivity contribution is 5.97. The van der Waals surface area contributed by atoms with Gasteiger partial charge in [-0.25, -0.2) is 13.2 Å². The zero-order chi connectivity index (χ0) is 17.0. The van der Waals surface area contributed by atoms with Gasteiger partial charge in [-0.2, -0.15) is 0 Å². The predicted octanol–water partition coefficient (Wildman–Crippen LogP) is 1.93. The summed E-state index contributed by atoms with van der Waals surface area (Å²) in [4.78, 5) is 23.4. The van der Waals surface area contributed by atoms with Crippen molar-refractivity contribution in [3.05, 3.63) is 71.0 Å². The van der Waals surface area contributed by atoms with Gasteiger partial charge in [0.15, 0.2) is 11.6 Å². The Kier molecular flexibility index (Phi) is 5.00. The largest absolute Gasteiger partial charge is 0.368 e. The normalized spacial score (nSPS) is 11.8. The first-order valence-corrected chi connectivity index (χ1v) is 6.67. The Labute approximate surface area is 130 Å². The van der Waals surface area contributed by atoms with Gasteiger partial charge in [0.2, 0.25) is 5.91 Å². The third kappa shape index (κ3) is 3.88. The number of carbonyl (C=O) groups is 2. The van der Waals surface area contributed by atoms with Gasteiger partial charge in [0.1, 0.15) is 11.9 Å². The summed E-state index contributed by atoms with van der Waals surface area (Å²) in [6, 6.07) is 7.47. The van der Waals surface area contributed by atoms with Crippen molar-refractivity contribution >= 4 is 11.8 Å². The maximum atomic E-state index is 13.6. The Morgan fingerprint density at radius 3 is 2.30 bits per heavy atom. The highest BCUT2D eigenvalue weighted by atomic mass is 19.2. The zero-order valence-corrected chi connectivity index (χ0v) is 11.9. The van der Waals surface area contributed by atoms with Crippen molar-refractivity contribution in [1.29, 1.82) is 0 Å². The van der Waals surface area contributed by atoms with Gasteiger partial charge in [0, 0.05) is 6.42 Å². The van der Waals surface area contributed by atoms with Crippen LogP contribution >= 0.6 is 0 Å². The fourth-order valence-electron chi connectivity index (χ4n) is 2.02. The number of nitrogens with two attached hydrogens (primary N) is 1. The molecule has 0 radical (unpaired) electrons. The van der Waals surface area contributed by atoms with E-state index < -0.39 is 40.9 Å². The van der Waals surface area contributed by atoms with Crippen LogP contribution in [0.5, 0.6) is 0 Å². The minimum atomic E-state index is -1.33. The smallest absolute Gasteiger partial charge is 0.255 e. The topological polar surface area (TPSA) is 72.2 Å². The van der Waals surface area contributed by atoms with Crippen molar-refractivity contribution in [2.45, 2.75) is 12.5 Å². The van der Waals surface area contributed by atoms with Gasteiger partial charge >= 0.3 is 0 Å². The summed E-state index contributed by atoms with van der Waals surface area (Å²) in [5, 5.41) is 2.19. The number of amides is 2. The minimum absolute atomic E-state index is 0.163. The van der Waals surface area contributed by atoms with Gasteiger partial charge in [-0.15, -0.1) is 0 Å². The SMILES string of the molecule is NC(=O)[C@H](Cc1ccccc1F)NC(=O)c1cccc(F)c1F. The van der Waals surface area contributed by atoms with E-state index in [2.05, 4.69) is 5.32 Å². The van der Waals surface area contributed by atoms with Crippen LogP contribution in [0.2, 0.25) is 0 Å². The van der Waals surface area contributed by atoms with E-state index in [4.69, 9.17) is 5.73 Å². The van der Waals surface area contributed by atoms with Gasteiger partial charge in [0.25, 0.3) is 5.91 Å². The van der Waals surface area contributed by atoms with Crippen LogP contribution in [0.1, 0.15) is 15.9 Å². The molecule has 0 aliphatic rings. The first-order chi connectivity index (χ1) is 10.9. The van der Waals surface area contributed by atoms with Gasteiger partial charge < -0.3 is 11.1 Å². The zero-order valence-electron chi connectivity index (χ0n) is 11.9. The molecule has 7 heteroatoms. The van der Waals surface area contributed by atoms with Gasteiger partial charge in [-0.05, 0) is 23.8 Å². The maximum Gasteiger partial charge on any atom is 0.255 e. The molecule has 2 aromatic rings. The molecule has 0 spiro atoms. The molecule has 0 fully saturated rings. The summed E-state index contributed by atoms with van der Waals surface area (Å²) in [6.45, 7) is 0. The second-order valence-corrected chi connectivity index (χ2v) is 4.83. The van der Waals surface area contributed by atoms with Gasteiger partial charge in [-0.1, -0.05) is 24.3 Å². The molecule has 120 valence electrons. The van der Waals surface area contributed by atoms with Crippen LogP contribution in [-0.4, -0.2) is 17.9 Å². The van der Waals surface area contributed by atoms with E-state index in [1.807, 2.05) is 0 Å². The summed E-state index contributed by atoms with van der Waals surface area (Å²) in [5.74, 6) is -5.02. The molecule has 23 heavy (non-hydrogen) atoms. The quantitative estimate of drug-likeness (QED) is 0.883. The number of benzene rings is 2. The summed E-state index contributed by atoms with van der Waals surface area (Å²) in [7, 11) is 0. The second-order valence-electron chi connectivity index (χ2n) is 4.83. The molecule has 1 atom stereocenters. The van der Waals surface area contributed by atoms with Crippen molar-refractivity contribution in [1.82, 2.24) is 5.32 Å². The molecule has 2 rings (SSSR count). The van der Waals surface area contributed by atoms with Crippen molar-refractivity contribution < 1.29 is 22.8 Å². The van der Waals surface area contributed by atoms with Crippen LogP contribution in [0.4, 0.5) is 13.2 Å². The van der Waals surface area contributed by atoms with Crippen LogP contribution in [0.15, 0.2) is 42.5 Å². The van der Waals surface area contributed by atoms with E-state index in [9.17, 15) is 22.8 Å². The predicted molar refractivity (Wildman–Crippen MR) is 76.9 cm³/mol. The lowest BCUT2D eigenvalue weighted by Crippen LogP contribution is -2.46. The molecule has 0 saturated carbocycles. The van der Waals surface area contributed by atoms with E-state index in [1.54, 1.807) is 6.07 Å². The Morgan fingerprint density at radius 2 is 1.65 bits per heavy atom. The highest BCUT2D eigenvalue weighted by Gasteiger charge is 2.23. The Morgan fingerprint density at radius 1 is 1.00 bits per heavy atom. The van der Waals surface area contributed by atoms with E-state index in [0.717, 1.165) is 18.2 Å². The molecule has 2 aromatic carbocycles. The highest BCUT2D eigenvalue weighted by Crippen LogP contribution is 2.13. The van der Waals surface area contributed by atoms with Crippen LogP contribution in [-0.2, 0) is 11.2 Å². The molecule has 0 heterocycles. The van der Waals surface area contributed by atoms with Crippen LogP contribution < -0.4 is 11.1 Å². The Bertz CT molecular complexity index is 750. The Balaban J connectivity index is 2.20. The molecule has 0 aliphatic carbocycles. The summed E-state index contributed by atoms with van der Waals surface area (Å²) >= 11 is 0. The van der Waals surface area contributed by atoms with E-state index in [1.165, 1.54) is 18.2 Å². The summed E-state index contributed by atoms with van der Waals surface area (Å²) < 4.78 is 40.3. The lowest BCUT2D eigenvalue weighted by molar-refractivity contribution is -0.119. The molecule has 4 nitrogen and oxygen atoms in total. The average molecular weight is 322 g/mol. The Hall–Kier alpha value is -2.83. The molecular weight excluding hydrogens is 309 g/mol. The number of hydrogen-bond acceptors (Lipinski definition) is 2. The average Bonchev–Trinajstić information content (AvgIpc) is 2.51. The molecule has 3 N–H and O–H groups in total. The monoisotopic (exact) mass is 322 g/mol. The number of rotatable bonds is 5. The molecule has 0 saturated heterocycles. The molecule has 0 unspecified atom stereocenters. The molecule has 0 aliphatic heterocycles. The van der Waals surface area contributed by atoms with Crippen LogP contribution in [0.25, 0.3) is 0 Å². The molecule has 0 aromatic heterocycles. The standard InChI is InChI=1S/C16H13F3N2O2/c17-11-6-2-1-4-9(11)8-13(15(20)22)21-16(23)10-5-3-7-12(18)14(10)19/h1-7,13H,8H2,(H2,20,22)(H,21,23)/t13-/m0/s1. The third-order valence-corrected chi connectivity index (χ3v) is 3.23. The first-order valence-electron chi connectivity index (χ1n) is 6.67. The maximum absolute atomic E-state index is 13.6. The van der Waals surface area contributed by atoms with E-state index in [-0.39, 0.29) is 12.0 Å². The van der Waals surface area contributed by atoms with E-state index in [0.29, 0.717) is 0 Å². The molecule has 2 amide bonds. The summed E-state index contributed by atoms with van der Waals surface area (Å²) in [6.07, 6.45) is -0.204. The second kappa shape index (κ2) is 6.95. The lowest BCUT2D eigenvalue weighted by Gasteiger charge is -2.16. The van der Waals surface area contributed by atoms with Crippen molar-refractivity contribution in [3.63, 3.8) is 0 Å². The lowest BCUT2D eigenvalue weighted by atomic mass is 10.0. The van der Waals surface area contributed by atoms with Gasteiger partial charge in [-0.3, -0.25) is 9.59 Å². The van der Waals surface area contributed by atoms with E-state index >= 15 is 0 Å². The fraction of sp³-hybridized carbons (Fsp3) is 0.125. The third-order valence-electron chi connectivity index (χ3n) is 3.23. The van der Waals surface area contributed by atoms with Crippen molar-refractivity contribution in [2.24, 2.45) is 5.73 Å². The fourth-order valence-corrected chi connectivity index (χ4v) is 2.02. The van der Waals surface area contributed by atoms with Crippen LogP contribution in [0.3, 0.4) is 0 Å². The summed E-state index contributed by atoms with van der Waals surface area (Å²) in [5.41, 5.74) is 4.78. The number of hydrogen-bond donors (Lipinski definition) is 2.